The van der Waals surface area contributed by atoms with Gasteiger partial charge in [-0.2, -0.15) is 0 Å². The molecule has 0 aliphatic carbocycles. The molecule has 1 fully saturated rings. The van der Waals surface area contributed by atoms with Gasteiger partial charge in [-0.25, -0.2) is 0 Å². The van der Waals surface area contributed by atoms with Gasteiger partial charge in [0.2, 0.25) is 0 Å². The van der Waals surface area contributed by atoms with Crippen LogP contribution in [0, 0.1) is 6.92 Å². The lowest BCUT2D eigenvalue weighted by Gasteiger charge is -2.32. The summed E-state index contributed by atoms with van der Waals surface area (Å²) in [5.74, 6) is 1.11. The number of hydrogen-bond donors (Lipinski definition) is 1. The summed E-state index contributed by atoms with van der Waals surface area (Å²) in [6.45, 7) is 3.10. The topological polar surface area (TPSA) is 68.2 Å². The van der Waals surface area contributed by atoms with Crippen LogP contribution in [0.15, 0.2) is 12.1 Å². The number of methoxy groups -OCH3 is 2. The van der Waals surface area contributed by atoms with Crippen LogP contribution in [0.25, 0.3) is 0 Å². The minimum Gasteiger partial charge on any atom is -0.496 e. The summed E-state index contributed by atoms with van der Waals surface area (Å²) in [6, 6.07) is 3.42. The number of hydrogen-bond acceptors (Lipinski definition) is 5. The number of carbonyl (C=O) groups is 1. The van der Waals surface area contributed by atoms with Gasteiger partial charge in [0, 0.05) is 24.2 Å². The van der Waals surface area contributed by atoms with Crippen LogP contribution in [0.5, 0.6) is 11.5 Å². The lowest BCUT2D eigenvalue weighted by Crippen LogP contribution is -2.46. The summed E-state index contributed by atoms with van der Waals surface area (Å²) in [4.78, 5) is 14.3. The largest absolute Gasteiger partial charge is 0.496 e. The molecular formula is C15H21NO5. The van der Waals surface area contributed by atoms with Gasteiger partial charge in [0.05, 0.1) is 33.5 Å². The zero-order valence-corrected chi connectivity index (χ0v) is 12.6. The van der Waals surface area contributed by atoms with Crippen molar-refractivity contribution < 1.29 is 24.1 Å². The second-order valence-corrected chi connectivity index (χ2v) is 4.93. The van der Waals surface area contributed by atoms with Crippen molar-refractivity contribution in [1.82, 2.24) is 4.90 Å². The number of aliphatic hydroxyl groups excluding tert-OH is 1. The quantitative estimate of drug-likeness (QED) is 0.891. The van der Waals surface area contributed by atoms with Crippen LogP contribution >= 0.6 is 0 Å². The summed E-state index contributed by atoms with van der Waals surface area (Å²) >= 11 is 0. The fraction of sp³-hybridized carbons (Fsp3) is 0.533. The first-order chi connectivity index (χ1) is 10.1. The molecular weight excluding hydrogens is 274 g/mol. The molecule has 1 amide bonds. The second kappa shape index (κ2) is 6.78. The van der Waals surface area contributed by atoms with Crippen LogP contribution in [0.1, 0.15) is 15.9 Å². The Morgan fingerprint density at radius 1 is 1.38 bits per heavy atom. The Hall–Kier alpha value is -1.79. The second-order valence-electron chi connectivity index (χ2n) is 4.93. The highest BCUT2D eigenvalue weighted by Crippen LogP contribution is 2.30. The molecule has 1 unspecified atom stereocenters. The van der Waals surface area contributed by atoms with Crippen LogP contribution in [-0.4, -0.2) is 62.5 Å². The Morgan fingerprint density at radius 3 is 2.52 bits per heavy atom. The Morgan fingerprint density at radius 2 is 2.00 bits per heavy atom. The summed E-state index contributed by atoms with van der Waals surface area (Å²) < 4.78 is 15.9. The van der Waals surface area contributed by atoms with E-state index in [2.05, 4.69) is 0 Å². The van der Waals surface area contributed by atoms with E-state index in [0.717, 1.165) is 5.56 Å². The smallest absolute Gasteiger partial charge is 0.254 e. The van der Waals surface area contributed by atoms with Crippen LogP contribution in [-0.2, 0) is 4.74 Å². The molecule has 1 aliphatic rings. The van der Waals surface area contributed by atoms with Gasteiger partial charge in [0.15, 0.2) is 0 Å². The maximum Gasteiger partial charge on any atom is 0.254 e. The van der Waals surface area contributed by atoms with Crippen molar-refractivity contribution >= 4 is 5.91 Å². The maximum absolute atomic E-state index is 12.6. The molecule has 1 aromatic carbocycles. The van der Waals surface area contributed by atoms with Crippen molar-refractivity contribution in [2.75, 3.05) is 40.5 Å². The van der Waals surface area contributed by atoms with Gasteiger partial charge in [-0.05, 0) is 19.1 Å². The van der Waals surface area contributed by atoms with E-state index >= 15 is 0 Å². The van der Waals surface area contributed by atoms with E-state index in [1.165, 1.54) is 0 Å². The Labute approximate surface area is 124 Å². The van der Waals surface area contributed by atoms with Crippen molar-refractivity contribution in [1.29, 1.82) is 0 Å². The van der Waals surface area contributed by atoms with Gasteiger partial charge in [0.1, 0.15) is 11.5 Å². The highest BCUT2D eigenvalue weighted by molar-refractivity contribution is 5.95. The van der Waals surface area contributed by atoms with E-state index in [-0.39, 0.29) is 18.6 Å². The van der Waals surface area contributed by atoms with Crippen molar-refractivity contribution in [3.05, 3.63) is 23.3 Å². The summed E-state index contributed by atoms with van der Waals surface area (Å²) in [7, 11) is 3.12. The number of aliphatic hydroxyl groups is 1. The molecule has 21 heavy (non-hydrogen) atoms. The Balaban J connectivity index is 2.26. The third-order valence-electron chi connectivity index (χ3n) is 3.63. The summed E-state index contributed by atoms with van der Waals surface area (Å²) in [5.41, 5.74) is 1.36. The fourth-order valence-electron chi connectivity index (χ4n) is 2.41. The Bertz CT molecular complexity index is 492. The lowest BCUT2D eigenvalue weighted by molar-refractivity contribution is -0.0447. The number of amides is 1. The van der Waals surface area contributed by atoms with E-state index in [0.29, 0.717) is 36.8 Å². The minimum absolute atomic E-state index is 0.0929. The molecule has 1 aliphatic heterocycles. The van der Waals surface area contributed by atoms with E-state index < -0.39 is 0 Å². The van der Waals surface area contributed by atoms with E-state index in [1.54, 1.807) is 31.3 Å². The third-order valence-corrected chi connectivity index (χ3v) is 3.63. The maximum atomic E-state index is 12.6. The molecule has 2 rings (SSSR count). The number of ether oxygens (including phenoxy) is 3. The molecule has 6 nitrogen and oxygen atoms in total. The molecule has 1 aromatic rings. The van der Waals surface area contributed by atoms with Crippen molar-refractivity contribution in [2.45, 2.75) is 13.0 Å². The molecule has 6 heteroatoms. The van der Waals surface area contributed by atoms with E-state index in [1.807, 2.05) is 6.92 Å². The van der Waals surface area contributed by atoms with Gasteiger partial charge < -0.3 is 24.2 Å². The highest BCUT2D eigenvalue weighted by atomic mass is 16.5. The number of rotatable bonds is 4. The number of carbonyl (C=O) groups excluding carboxylic acids is 1. The molecule has 1 atom stereocenters. The molecule has 1 N–H and O–H groups in total. The van der Waals surface area contributed by atoms with Crippen LogP contribution in [0.3, 0.4) is 0 Å². The molecule has 0 saturated carbocycles. The van der Waals surface area contributed by atoms with E-state index in [9.17, 15) is 4.79 Å². The first-order valence-electron chi connectivity index (χ1n) is 6.85. The first kappa shape index (κ1) is 15.6. The molecule has 0 radical (unpaired) electrons. The monoisotopic (exact) mass is 295 g/mol. The molecule has 1 heterocycles. The normalized spacial score (nSPS) is 18.5. The van der Waals surface area contributed by atoms with Crippen molar-refractivity contribution in [3.8, 4) is 11.5 Å². The molecule has 1 saturated heterocycles. The van der Waals surface area contributed by atoms with E-state index in [4.69, 9.17) is 19.3 Å². The van der Waals surface area contributed by atoms with Gasteiger partial charge >= 0.3 is 0 Å². The lowest BCUT2D eigenvalue weighted by atomic mass is 10.1. The number of benzene rings is 1. The number of morpholine rings is 1. The molecule has 0 bridgehead atoms. The zero-order valence-electron chi connectivity index (χ0n) is 12.6. The predicted molar refractivity (Wildman–Crippen MR) is 77.0 cm³/mol. The van der Waals surface area contributed by atoms with Gasteiger partial charge in [-0.15, -0.1) is 0 Å². The van der Waals surface area contributed by atoms with Gasteiger partial charge in [-0.3, -0.25) is 4.79 Å². The Kier molecular flexibility index (Phi) is 5.03. The predicted octanol–water partition coefficient (Wildman–Crippen LogP) is 0.846. The summed E-state index contributed by atoms with van der Waals surface area (Å²) in [5, 5.41) is 9.16. The molecule has 0 aromatic heterocycles. The van der Waals surface area contributed by atoms with Crippen molar-refractivity contribution in [2.24, 2.45) is 0 Å². The van der Waals surface area contributed by atoms with Crippen molar-refractivity contribution in [3.63, 3.8) is 0 Å². The SMILES string of the molecule is COc1cc(C(=O)N2CCOC(CO)C2)cc(OC)c1C. The summed E-state index contributed by atoms with van der Waals surface area (Å²) in [6.07, 6.45) is -0.322. The molecule has 0 spiro atoms. The fourth-order valence-corrected chi connectivity index (χ4v) is 2.41. The highest BCUT2D eigenvalue weighted by Gasteiger charge is 2.25. The first-order valence-corrected chi connectivity index (χ1v) is 6.85. The average Bonchev–Trinajstić information content (AvgIpc) is 2.54. The van der Waals surface area contributed by atoms with Crippen LogP contribution < -0.4 is 9.47 Å². The van der Waals surface area contributed by atoms with Gasteiger partial charge in [0.25, 0.3) is 5.91 Å². The molecule has 116 valence electrons. The number of nitrogens with zero attached hydrogens (tertiary/aromatic N) is 1. The van der Waals surface area contributed by atoms with Gasteiger partial charge in [-0.1, -0.05) is 0 Å². The third kappa shape index (κ3) is 3.28. The zero-order chi connectivity index (χ0) is 15.4. The minimum atomic E-state index is -0.322. The average molecular weight is 295 g/mol. The van der Waals surface area contributed by atoms with Crippen LogP contribution in [0.4, 0.5) is 0 Å². The van der Waals surface area contributed by atoms with Crippen LogP contribution in [0.2, 0.25) is 0 Å². The standard InChI is InChI=1S/C15H21NO5/c1-10-13(19-2)6-11(7-14(10)20-3)15(18)16-4-5-21-12(8-16)9-17/h6-7,12,17H,4-5,8-9H2,1-3H3.